The second kappa shape index (κ2) is 10.1. The summed E-state index contributed by atoms with van der Waals surface area (Å²) in [5.74, 6) is -0.190. The van der Waals surface area contributed by atoms with Gasteiger partial charge in [-0.25, -0.2) is 4.98 Å². The van der Waals surface area contributed by atoms with E-state index in [0.29, 0.717) is 41.8 Å². The molecule has 3 amide bonds. The predicted molar refractivity (Wildman–Crippen MR) is 149 cm³/mol. The molecule has 2 aliphatic rings. The summed E-state index contributed by atoms with van der Waals surface area (Å²) in [6, 6.07) is 11.1. The molecule has 1 fully saturated rings. The van der Waals surface area contributed by atoms with Crippen molar-refractivity contribution in [2.75, 3.05) is 0 Å². The molecule has 8 nitrogen and oxygen atoms in total. The number of nitrogens with one attached hydrogen (secondary N) is 2. The third-order valence-corrected chi connectivity index (χ3v) is 7.57. The van der Waals surface area contributed by atoms with Crippen LogP contribution in [-0.2, 0) is 27.2 Å². The summed E-state index contributed by atoms with van der Waals surface area (Å²) in [5, 5.41) is 6.13. The SMILES string of the molecule is Cc1nc2ccc([C@H](C(=O)NC(C)(C)C)N3C(=O)C(C4Cc5ccccc5C4)NC(=O)[C@H]3CC(C)C)cc2o1. The third kappa shape index (κ3) is 5.42. The lowest BCUT2D eigenvalue weighted by molar-refractivity contribution is -0.158. The Labute approximate surface area is 229 Å². The Kier molecular flexibility index (Phi) is 6.99. The van der Waals surface area contributed by atoms with E-state index in [2.05, 4.69) is 27.8 Å². The zero-order valence-electron chi connectivity index (χ0n) is 23.6. The van der Waals surface area contributed by atoms with Crippen molar-refractivity contribution in [1.82, 2.24) is 20.5 Å². The molecule has 1 aromatic heterocycles. The minimum Gasteiger partial charge on any atom is -0.441 e. The number of hydrogen-bond acceptors (Lipinski definition) is 5. The molecule has 8 heteroatoms. The Bertz CT molecular complexity index is 1390. The molecule has 3 aromatic rings. The van der Waals surface area contributed by atoms with Gasteiger partial charge in [0.2, 0.25) is 17.7 Å². The molecular formula is C31H38N4O4. The van der Waals surface area contributed by atoms with Crippen LogP contribution in [0.3, 0.4) is 0 Å². The van der Waals surface area contributed by atoms with Gasteiger partial charge in [-0.05, 0) is 80.7 Å². The van der Waals surface area contributed by atoms with Crippen LogP contribution in [0.25, 0.3) is 11.1 Å². The first-order chi connectivity index (χ1) is 18.4. The van der Waals surface area contributed by atoms with Crippen LogP contribution >= 0.6 is 0 Å². The van der Waals surface area contributed by atoms with E-state index >= 15 is 0 Å². The average molecular weight is 531 g/mol. The lowest BCUT2D eigenvalue weighted by Gasteiger charge is -2.45. The molecule has 39 heavy (non-hydrogen) atoms. The summed E-state index contributed by atoms with van der Waals surface area (Å²) in [5.41, 5.74) is 3.67. The maximum absolute atomic E-state index is 14.4. The van der Waals surface area contributed by atoms with E-state index in [1.807, 2.05) is 52.8 Å². The summed E-state index contributed by atoms with van der Waals surface area (Å²) in [4.78, 5) is 48.1. The van der Waals surface area contributed by atoms with E-state index in [0.717, 1.165) is 0 Å². The number of benzene rings is 2. The summed E-state index contributed by atoms with van der Waals surface area (Å²) < 4.78 is 5.78. The number of piperazine rings is 1. The standard InChI is InChI=1S/C31H38N4O4/c1-17(2)13-24-28(36)33-26(22-14-19-9-7-8-10-20(19)15-22)30(38)35(24)27(29(37)34-31(4,5)6)21-11-12-23-25(16-21)39-18(3)32-23/h7-12,16-17,22,24,26-27H,13-15H2,1-6H3,(H,33,36)(H,34,37)/t24-,26?,27-/m1/s1. The second-order valence-corrected chi connectivity index (χ2v) is 12.4. The predicted octanol–water partition coefficient (Wildman–Crippen LogP) is 4.25. The van der Waals surface area contributed by atoms with Gasteiger partial charge in [-0.15, -0.1) is 0 Å². The fourth-order valence-corrected chi connectivity index (χ4v) is 5.98. The normalized spacial score (nSPS) is 20.8. The molecule has 3 atom stereocenters. The molecule has 0 spiro atoms. The highest BCUT2D eigenvalue weighted by Gasteiger charge is 2.49. The molecule has 0 radical (unpaired) electrons. The van der Waals surface area contributed by atoms with Crippen molar-refractivity contribution in [2.24, 2.45) is 11.8 Å². The average Bonchev–Trinajstić information content (AvgIpc) is 3.43. The van der Waals surface area contributed by atoms with Crippen LogP contribution in [0, 0.1) is 18.8 Å². The molecule has 2 N–H and O–H groups in total. The monoisotopic (exact) mass is 530 g/mol. The van der Waals surface area contributed by atoms with E-state index in [4.69, 9.17) is 4.42 Å². The summed E-state index contributed by atoms with van der Waals surface area (Å²) in [6.45, 7) is 11.5. The number of hydrogen-bond donors (Lipinski definition) is 2. The minimum absolute atomic E-state index is 0.0768. The Morgan fingerprint density at radius 1 is 1.13 bits per heavy atom. The van der Waals surface area contributed by atoms with Crippen molar-refractivity contribution < 1.29 is 18.8 Å². The maximum Gasteiger partial charge on any atom is 0.247 e. The van der Waals surface area contributed by atoms with Crippen molar-refractivity contribution in [3.8, 4) is 0 Å². The van der Waals surface area contributed by atoms with Crippen molar-refractivity contribution in [3.05, 3.63) is 65.0 Å². The molecule has 5 rings (SSSR count). The molecule has 1 aliphatic carbocycles. The van der Waals surface area contributed by atoms with Crippen LogP contribution < -0.4 is 10.6 Å². The second-order valence-electron chi connectivity index (χ2n) is 12.4. The van der Waals surface area contributed by atoms with Gasteiger partial charge in [-0.3, -0.25) is 14.4 Å². The number of carbonyl (C=O) groups excluding carboxylic acids is 3. The van der Waals surface area contributed by atoms with E-state index in [1.54, 1.807) is 24.0 Å². The van der Waals surface area contributed by atoms with Gasteiger partial charge in [-0.2, -0.15) is 0 Å². The zero-order valence-corrected chi connectivity index (χ0v) is 23.6. The van der Waals surface area contributed by atoms with Gasteiger partial charge in [0.05, 0.1) is 0 Å². The lowest BCUT2D eigenvalue weighted by Crippen LogP contribution is -2.67. The number of fused-ring (bicyclic) bond motifs is 2. The Morgan fingerprint density at radius 2 is 1.79 bits per heavy atom. The fraction of sp³-hybridized carbons (Fsp3) is 0.484. The van der Waals surface area contributed by atoms with Crippen molar-refractivity contribution in [2.45, 2.75) is 84.5 Å². The van der Waals surface area contributed by atoms with Crippen LogP contribution in [-0.4, -0.2) is 45.2 Å². The maximum atomic E-state index is 14.4. The lowest BCUT2D eigenvalue weighted by atomic mass is 9.87. The number of oxazole rings is 1. The van der Waals surface area contributed by atoms with Gasteiger partial charge in [0.25, 0.3) is 0 Å². The number of amides is 3. The molecule has 0 bridgehead atoms. The van der Waals surface area contributed by atoms with Gasteiger partial charge in [0.1, 0.15) is 23.6 Å². The molecule has 0 saturated carbocycles. The minimum atomic E-state index is -1.01. The van der Waals surface area contributed by atoms with Crippen LogP contribution in [0.1, 0.15) is 69.7 Å². The summed E-state index contributed by atoms with van der Waals surface area (Å²) >= 11 is 0. The highest BCUT2D eigenvalue weighted by Crippen LogP contribution is 2.36. The zero-order chi connectivity index (χ0) is 28.1. The van der Waals surface area contributed by atoms with Crippen LogP contribution in [0.5, 0.6) is 0 Å². The first-order valence-electron chi connectivity index (χ1n) is 13.8. The summed E-state index contributed by atoms with van der Waals surface area (Å²) in [7, 11) is 0. The van der Waals surface area contributed by atoms with Gasteiger partial charge < -0.3 is 20.0 Å². The number of nitrogens with zero attached hydrogens (tertiary/aromatic N) is 2. The van der Waals surface area contributed by atoms with E-state index in [-0.39, 0.29) is 29.6 Å². The fourth-order valence-electron chi connectivity index (χ4n) is 5.98. The number of aromatic nitrogens is 1. The Morgan fingerprint density at radius 3 is 2.41 bits per heavy atom. The molecule has 1 unspecified atom stereocenters. The van der Waals surface area contributed by atoms with Crippen molar-refractivity contribution >= 4 is 28.8 Å². The Hall–Kier alpha value is -3.68. The molecule has 1 aliphatic heterocycles. The highest BCUT2D eigenvalue weighted by molar-refractivity contribution is 6.00. The Balaban J connectivity index is 1.59. The third-order valence-electron chi connectivity index (χ3n) is 7.57. The van der Waals surface area contributed by atoms with Crippen LogP contribution in [0.15, 0.2) is 46.9 Å². The quantitative estimate of drug-likeness (QED) is 0.496. The summed E-state index contributed by atoms with van der Waals surface area (Å²) in [6.07, 6.45) is 1.85. The van der Waals surface area contributed by atoms with Gasteiger partial charge >= 0.3 is 0 Å². The van der Waals surface area contributed by atoms with Gasteiger partial charge in [0.15, 0.2) is 11.5 Å². The topological polar surface area (TPSA) is 105 Å². The van der Waals surface area contributed by atoms with Gasteiger partial charge in [0, 0.05) is 12.5 Å². The molecule has 2 heterocycles. The van der Waals surface area contributed by atoms with Crippen molar-refractivity contribution in [1.29, 1.82) is 0 Å². The van der Waals surface area contributed by atoms with Crippen LogP contribution in [0.4, 0.5) is 0 Å². The molecule has 2 aromatic carbocycles. The largest absolute Gasteiger partial charge is 0.441 e. The van der Waals surface area contributed by atoms with Gasteiger partial charge in [-0.1, -0.05) is 44.2 Å². The van der Waals surface area contributed by atoms with E-state index in [1.165, 1.54) is 11.1 Å². The van der Waals surface area contributed by atoms with Crippen molar-refractivity contribution in [3.63, 3.8) is 0 Å². The highest BCUT2D eigenvalue weighted by atomic mass is 16.3. The first kappa shape index (κ1) is 26.9. The number of carbonyl (C=O) groups is 3. The smallest absolute Gasteiger partial charge is 0.247 e. The van der Waals surface area contributed by atoms with E-state index in [9.17, 15) is 14.4 Å². The molecular weight excluding hydrogens is 492 g/mol. The van der Waals surface area contributed by atoms with E-state index < -0.39 is 23.7 Å². The first-order valence-corrected chi connectivity index (χ1v) is 13.8. The van der Waals surface area contributed by atoms with Crippen LogP contribution in [0.2, 0.25) is 0 Å². The number of rotatable bonds is 6. The molecule has 1 saturated heterocycles. The molecule has 206 valence electrons. The number of aryl methyl sites for hydroxylation is 1.